The number of anilines is 1. The van der Waals surface area contributed by atoms with Crippen molar-refractivity contribution in [2.45, 2.75) is 63.7 Å². The van der Waals surface area contributed by atoms with Crippen LogP contribution >= 0.6 is 23.2 Å². The number of aromatic nitrogens is 3. The van der Waals surface area contributed by atoms with Crippen molar-refractivity contribution in [1.82, 2.24) is 24.8 Å². The van der Waals surface area contributed by atoms with Crippen molar-refractivity contribution in [2.75, 3.05) is 44.2 Å². The molecule has 15 heteroatoms. The highest BCUT2D eigenvalue weighted by Crippen LogP contribution is 2.44. The molecule has 318 valence electrons. The van der Waals surface area contributed by atoms with Gasteiger partial charge in [0.1, 0.15) is 21.4 Å². The van der Waals surface area contributed by atoms with Crippen LogP contribution in [-0.4, -0.2) is 73.7 Å². The summed E-state index contributed by atoms with van der Waals surface area (Å²) in [5, 5.41) is 17.7. The Morgan fingerprint density at radius 3 is 2.49 bits per heavy atom. The molecule has 2 N–H and O–H groups in total. The van der Waals surface area contributed by atoms with Crippen LogP contribution in [0, 0.1) is 28.6 Å². The van der Waals surface area contributed by atoms with Crippen molar-refractivity contribution in [3.8, 4) is 23.4 Å². The Morgan fingerprint density at radius 2 is 1.75 bits per heavy atom. The maximum absolute atomic E-state index is 13.9. The number of halogens is 2. The second kappa shape index (κ2) is 18.1. The highest BCUT2D eigenvalue weighted by atomic mass is 35.5. The number of hydrogen-bond acceptors (Lipinski definition) is 10. The van der Waals surface area contributed by atoms with Crippen LogP contribution in [0.15, 0.2) is 89.6 Å². The first-order valence-electron chi connectivity index (χ1n) is 20.8. The maximum Gasteiger partial charge on any atom is 0.268 e. The molecule has 61 heavy (non-hydrogen) atoms. The van der Waals surface area contributed by atoms with Crippen LogP contribution in [0.25, 0.3) is 16.5 Å². The lowest BCUT2D eigenvalue weighted by molar-refractivity contribution is 0.0979. The zero-order valence-corrected chi connectivity index (χ0v) is 36.6. The summed E-state index contributed by atoms with van der Waals surface area (Å²) in [6, 6.07) is 22.4. The van der Waals surface area contributed by atoms with Crippen molar-refractivity contribution in [3.05, 3.63) is 106 Å². The summed E-state index contributed by atoms with van der Waals surface area (Å²) in [5.41, 5.74) is 6.01. The lowest BCUT2D eigenvalue weighted by Crippen LogP contribution is -2.47. The number of nitrogens with one attached hydrogen (secondary N) is 2. The molecule has 0 unspecified atom stereocenters. The zero-order chi connectivity index (χ0) is 42.7. The molecule has 2 aliphatic carbocycles. The van der Waals surface area contributed by atoms with Crippen LogP contribution in [0.1, 0.15) is 74.7 Å². The van der Waals surface area contributed by atoms with E-state index < -0.39 is 15.9 Å². The topological polar surface area (TPSA) is 154 Å². The first kappa shape index (κ1) is 42.6. The molecule has 0 bridgehead atoms. The molecule has 1 saturated heterocycles. The number of carbonyl (C=O) groups excluding carboxylic acids is 1. The van der Waals surface area contributed by atoms with Crippen molar-refractivity contribution < 1.29 is 22.7 Å². The third-order valence-corrected chi connectivity index (χ3v) is 14.0. The van der Waals surface area contributed by atoms with Gasteiger partial charge in [0.2, 0.25) is 5.88 Å². The SMILES string of the molecule is CC1(C)CCC(CN2CCN(c3ccc(C(=O)NS(=O)(=O)c4cnc(OC[C@H]5CC[C@H](C#N)CC5)c(Cl)c4)c(Oc4cccc5[nH]ncc45)c3)CC2)=C(c2ccc(Cl)cc2)C1. The molecule has 1 amide bonds. The van der Waals surface area contributed by atoms with E-state index in [2.05, 4.69) is 61.8 Å². The number of ether oxygens (including phenoxy) is 2. The second-order valence-corrected chi connectivity index (χ2v) is 19.6. The summed E-state index contributed by atoms with van der Waals surface area (Å²) < 4.78 is 41.7. The predicted octanol–water partition coefficient (Wildman–Crippen LogP) is 9.67. The Balaban J connectivity index is 0.980. The Kier molecular flexibility index (Phi) is 12.6. The van der Waals surface area contributed by atoms with E-state index in [1.807, 2.05) is 30.3 Å². The third-order valence-electron chi connectivity index (χ3n) is 12.2. The monoisotopic (exact) mass is 881 g/mol. The van der Waals surface area contributed by atoms with Crippen LogP contribution in [0.5, 0.6) is 17.4 Å². The molecule has 12 nitrogen and oxygen atoms in total. The molecule has 1 aliphatic heterocycles. The predicted molar refractivity (Wildman–Crippen MR) is 238 cm³/mol. The highest BCUT2D eigenvalue weighted by molar-refractivity contribution is 7.90. The van der Waals surface area contributed by atoms with Crippen LogP contribution < -0.4 is 19.1 Å². The molecular weight excluding hydrogens is 834 g/mol. The lowest BCUT2D eigenvalue weighted by Gasteiger charge is -2.39. The zero-order valence-electron chi connectivity index (χ0n) is 34.3. The number of piperazine rings is 1. The van der Waals surface area contributed by atoms with E-state index in [-0.39, 0.29) is 44.4 Å². The Bertz CT molecular complexity index is 2590. The average Bonchev–Trinajstić information content (AvgIpc) is 3.75. The van der Waals surface area contributed by atoms with Gasteiger partial charge in [-0.3, -0.25) is 14.8 Å². The number of amides is 1. The normalized spacial score (nSPS) is 19.7. The van der Waals surface area contributed by atoms with Gasteiger partial charge in [-0.15, -0.1) is 0 Å². The second-order valence-electron chi connectivity index (χ2n) is 17.1. The molecule has 2 fully saturated rings. The van der Waals surface area contributed by atoms with Crippen molar-refractivity contribution in [3.63, 3.8) is 0 Å². The number of hydrogen-bond donors (Lipinski definition) is 2. The van der Waals surface area contributed by atoms with E-state index in [1.165, 1.54) is 22.8 Å². The number of aromatic amines is 1. The molecule has 0 spiro atoms. The molecule has 0 atom stereocenters. The van der Waals surface area contributed by atoms with Gasteiger partial charge in [0.15, 0.2) is 0 Å². The first-order valence-corrected chi connectivity index (χ1v) is 23.0. The van der Waals surface area contributed by atoms with E-state index in [1.54, 1.807) is 24.4 Å². The van der Waals surface area contributed by atoms with Crippen LogP contribution in [0.4, 0.5) is 5.69 Å². The molecule has 1 saturated carbocycles. The quantitative estimate of drug-likeness (QED) is 0.124. The van der Waals surface area contributed by atoms with Crippen molar-refractivity contribution >= 4 is 61.3 Å². The van der Waals surface area contributed by atoms with Gasteiger partial charge in [0, 0.05) is 55.4 Å². The Hall–Kier alpha value is -5.13. The fourth-order valence-electron chi connectivity index (χ4n) is 8.58. The van der Waals surface area contributed by atoms with E-state index in [9.17, 15) is 18.5 Å². The fourth-order valence-corrected chi connectivity index (χ4v) is 9.93. The lowest BCUT2D eigenvalue weighted by atomic mass is 9.72. The van der Waals surface area contributed by atoms with Crippen LogP contribution in [0.3, 0.4) is 0 Å². The van der Waals surface area contributed by atoms with Gasteiger partial charge in [0.25, 0.3) is 15.9 Å². The third kappa shape index (κ3) is 10.00. The van der Waals surface area contributed by atoms with Crippen LogP contribution in [-0.2, 0) is 10.0 Å². The standard InChI is InChI=1S/C46H49Cl2N7O5S/c1-46(2)17-16-33(38(24-46)32-10-12-34(47)13-11-32)28-54-18-20-55(21-19-54)35-14-15-37(43(22-35)60-42-5-3-4-41-39(42)27-51-52-41)44(56)53-61(57,58)36-23-40(48)45(50-26-36)59-29-31-8-6-30(25-49)7-9-31/h3-5,10-15,22-23,26-27,30-31H,6-9,16-21,24,28-29H2,1-2H3,(H,51,52)(H,53,56)/t30-,31-. The number of nitrogens with zero attached hydrogens (tertiary/aromatic N) is 5. The van der Waals surface area contributed by atoms with Gasteiger partial charge in [-0.1, -0.05) is 60.8 Å². The number of fused-ring (bicyclic) bond motifs is 1. The number of sulfonamides is 1. The van der Waals surface area contributed by atoms with E-state index in [4.69, 9.17) is 32.7 Å². The first-order chi connectivity index (χ1) is 29.3. The van der Waals surface area contributed by atoms with Gasteiger partial charge in [-0.05, 0) is 110 Å². The summed E-state index contributed by atoms with van der Waals surface area (Å²) in [6.45, 7) is 9.13. The number of benzene rings is 3. The molecule has 8 rings (SSSR count). The highest BCUT2D eigenvalue weighted by Gasteiger charge is 2.30. The van der Waals surface area contributed by atoms with Gasteiger partial charge >= 0.3 is 0 Å². The van der Waals surface area contributed by atoms with Gasteiger partial charge in [-0.2, -0.15) is 10.4 Å². The van der Waals surface area contributed by atoms with E-state index in [0.29, 0.717) is 17.7 Å². The molecule has 0 radical (unpaired) electrons. The van der Waals surface area contributed by atoms with Gasteiger partial charge < -0.3 is 14.4 Å². The molecule has 3 aromatic carbocycles. The average molecular weight is 883 g/mol. The summed E-state index contributed by atoms with van der Waals surface area (Å²) in [4.78, 5) is 22.6. The van der Waals surface area contributed by atoms with E-state index in [0.717, 1.165) is 100 Å². The molecular formula is C46H49Cl2N7O5S. The smallest absolute Gasteiger partial charge is 0.268 e. The number of nitriles is 1. The summed E-state index contributed by atoms with van der Waals surface area (Å²) in [7, 11) is -4.41. The van der Waals surface area contributed by atoms with E-state index >= 15 is 0 Å². The summed E-state index contributed by atoms with van der Waals surface area (Å²) in [6.07, 6.45) is 9.35. The minimum Gasteiger partial charge on any atom is -0.476 e. The minimum atomic E-state index is -4.41. The van der Waals surface area contributed by atoms with Gasteiger partial charge in [-0.25, -0.2) is 18.1 Å². The number of carbonyl (C=O) groups is 1. The largest absolute Gasteiger partial charge is 0.476 e. The number of rotatable bonds is 12. The Labute approximate surface area is 366 Å². The fraction of sp³-hybridized carbons (Fsp3) is 0.391. The number of allylic oxidation sites excluding steroid dienone is 1. The molecule has 2 aromatic heterocycles. The number of H-pyrrole nitrogens is 1. The summed E-state index contributed by atoms with van der Waals surface area (Å²) in [5.74, 6) is 0.195. The minimum absolute atomic E-state index is 0.00382. The van der Waals surface area contributed by atoms with Crippen LogP contribution in [0.2, 0.25) is 10.0 Å². The molecule has 3 heterocycles. The number of pyridine rings is 1. The molecule has 5 aromatic rings. The summed E-state index contributed by atoms with van der Waals surface area (Å²) >= 11 is 12.7. The van der Waals surface area contributed by atoms with Gasteiger partial charge in [0.05, 0.1) is 41.5 Å². The maximum atomic E-state index is 13.9. The Morgan fingerprint density at radius 1 is 0.984 bits per heavy atom. The van der Waals surface area contributed by atoms with Crippen molar-refractivity contribution in [2.24, 2.45) is 17.3 Å². The van der Waals surface area contributed by atoms with Crippen molar-refractivity contribution in [1.29, 1.82) is 5.26 Å². The molecule has 3 aliphatic rings.